The molecule has 152 valence electrons. The minimum Gasteiger partial charge on any atom is -0.345 e. The van der Waals surface area contributed by atoms with Gasteiger partial charge in [0, 0.05) is 30.3 Å². The van der Waals surface area contributed by atoms with Gasteiger partial charge in [-0.1, -0.05) is 60.2 Å². The lowest BCUT2D eigenvalue weighted by Crippen LogP contribution is -2.37. The van der Waals surface area contributed by atoms with Crippen molar-refractivity contribution in [3.05, 3.63) is 90.0 Å². The van der Waals surface area contributed by atoms with Gasteiger partial charge in [0.2, 0.25) is 0 Å². The molecule has 4 rings (SSSR count). The maximum absolute atomic E-state index is 6.51. The summed E-state index contributed by atoms with van der Waals surface area (Å²) in [7, 11) is 0. The molecule has 0 amide bonds. The van der Waals surface area contributed by atoms with Gasteiger partial charge in [-0.2, -0.15) is 11.8 Å². The summed E-state index contributed by atoms with van der Waals surface area (Å²) >= 11 is 1.91. The molecule has 29 heavy (non-hydrogen) atoms. The van der Waals surface area contributed by atoms with Crippen LogP contribution in [0.15, 0.2) is 73.3 Å². The maximum atomic E-state index is 6.51. The lowest BCUT2D eigenvalue weighted by molar-refractivity contribution is -0.180. The molecular weight excluding hydrogens is 380 g/mol. The van der Waals surface area contributed by atoms with Crippen molar-refractivity contribution in [2.24, 2.45) is 0 Å². The van der Waals surface area contributed by atoms with Gasteiger partial charge in [-0.05, 0) is 24.5 Å². The van der Waals surface area contributed by atoms with Crippen molar-refractivity contribution >= 4 is 11.8 Å². The fourth-order valence-electron chi connectivity index (χ4n) is 3.62. The molecule has 5 heteroatoms. The molecule has 1 aromatic heterocycles. The average molecular weight is 409 g/mol. The van der Waals surface area contributed by atoms with Crippen molar-refractivity contribution in [2.75, 3.05) is 12.4 Å². The molecule has 0 spiro atoms. The van der Waals surface area contributed by atoms with Crippen LogP contribution in [0.1, 0.15) is 23.1 Å². The van der Waals surface area contributed by atoms with Crippen LogP contribution in [0.4, 0.5) is 0 Å². The van der Waals surface area contributed by atoms with Crippen molar-refractivity contribution in [2.45, 2.75) is 44.0 Å². The zero-order valence-electron chi connectivity index (χ0n) is 16.9. The number of rotatable bonds is 9. The SMILES string of the molecule is Cc1ccc(CSCC2COC(CCc3ccccc3)(Cn3ccnc3)O2)cc1. The van der Waals surface area contributed by atoms with Crippen molar-refractivity contribution in [3.63, 3.8) is 0 Å². The molecular formula is C24H28N2O2S. The fourth-order valence-corrected chi connectivity index (χ4v) is 4.60. The van der Waals surface area contributed by atoms with E-state index < -0.39 is 5.79 Å². The fraction of sp³-hybridized carbons (Fsp3) is 0.375. The Morgan fingerprint density at radius 3 is 2.69 bits per heavy atom. The summed E-state index contributed by atoms with van der Waals surface area (Å²) in [5.74, 6) is 1.34. The molecule has 2 unspecified atom stereocenters. The summed E-state index contributed by atoms with van der Waals surface area (Å²) in [6, 6.07) is 19.3. The standard InChI is InChI=1S/C24H28N2O2S/c1-20-7-9-22(10-8-20)16-29-17-23-15-27-24(28-23,18-26-14-13-25-19-26)12-11-21-5-3-2-4-6-21/h2-10,13-14,19,23H,11-12,15-18H2,1H3. The Morgan fingerprint density at radius 2 is 1.93 bits per heavy atom. The number of aryl methyl sites for hydroxylation is 2. The Labute approximate surface area is 177 Å². The van der Waals surface area contributed by atoms with Crippen LogP contribution in [0, 0.1) is 6.92 Å². The quantitative estimate of drug-likeness (QED) is 0.506. The van der Waals surface area contributed by atoms with E-state index in [1.807, 2.05) is 28.9 Å². The van der Waals surface area contributed by atoms with Gasteiger partial charge in [0.1, 0.15) is 0 Å². The molecule has 0 saturated carbocycles. The van der Waals surface area contributed by atoms with Gasteiger partial charge in [0.15, 0.2) is 5.79 Å². The molecule has 1 aliphatic heterocycles. The summed E-state index contributed by atoms with van der Waals surface area (Å²) < 4.78 is 14.8. The molecule has 3 aromatic rings. The predicted octanol–water partition coefficient (Wildman–Crippen LogP) is 4.87. The van der Waals surface area contributed by atoms with Crippen molar-refractivity contribution < 1.29 is 9.47 Å². The maximum Gasteiger partial charge on any atom is 0.187 e. The summed E-state index contributed by atoms with van der Waals surface area (Å²) in [6.45, 7) is 3.43. The molecule has 0 N–H and O–H groups in total. The topological polar surface area (TPSA) is 36.3 Å². The minimum absolute atomic E-state index is 0.116. The Hall–Kier alpha value is -2.08. The number of thioether (sulfide) groups is 1. The third kappa shape index (κ3) is 5.72. The highest BCUT2D eigenvalue weighted by Gasteiger charge is 2.41. The second-order valence-corrected chi connectivity index (χ2v) is 8.71. The van der Waals surface area contributed by atoms with E-state index in [2.05, 4.69) is 66.5 Å². The molecule has 0 radical (unpaired) electrons. The van der Waals surface area contributed by atoms with Crippen molar-refractivity contribution in [1.29, 1.82) is 0 Å². The Balaban J connectivity index is 1.34. The van der Waals surface area contributed by atoms with Crippen LogP contribution in [-0.2, 0) is 28.2 Å². The van der Waals surface area contributed by atoms with E-state index in [9.17, 15) is 0 Å². The summed E-state index contributed by atoms with van der Waals surface area (Å²) in [5, 5.41) is 0. The summed E-state index contributed by atoms with van der Waals surface area (Å²) in [6.07, 6.45) is 7.47. The highest BCUT2D eigenvalue weighted by Crippen LogP contribution is 2.32. The van der Waals surface area contributed by atoms with Gasteiger partial charge in [0.25, 0.3) is 0 Å². The third-order valence-electron chi connectivity index (χ3n) is 5.23. The molecule has 0 bridgehead atoms. The molecule has 0 aliphatic carbocycles. The van der Waals surface area contributed by atoms with Gasteiger partial charge in [-0.3, -0.25) is 0 Å². The van der Waals surface area contributed by atoms with Crippen molar-refractivity contribution in [3.8, 4) is 0 Å². The first-order valence-corrected chi connectivity index (χ1v) is 11.3. The number of ether oxygens (including phenoxy) is 2. The number of hydrogen-bond donors (Lipinski definition) is 0. The Morgan fingerprint density at radius 1 is 1.10 bits per heavy atom. The number of imidazole rings is 1. The van der Waals surface area contributed by atoms with E-state index in [0.717, 1.165) is 24.3 Å². The Kier molecular flexibility index (Phi) is 6.70. The first-order chi connectivity index (χ1) is 14.2. The third-order valence-corrected chi connectivity index (χ3v) is 6.37. The zero-order valence-corrected chi connectivity index (χ0v) is 17.7. The highest BCUT2D eigenvalue weighted by atomic mass is 32.2. The van der Waals surface area contributed by atoms with Gasteiger partial charge in [-0.15, -0.1) is 0 Å². The van der Waals surface area contributed by atoms with Crippen LogP contribution >= 0.6 is 11.8 Å². The second-order valence-electron chi connectivity index (χ2n) is 7.68. The van der Waals surface area contributed by atoms with Crippen LogP contribution in [0.3, 0.4) is 0 Å². The van der Waals surface area contributed by atoms with E-state index >= 15 is 0 Å². The number of hydrogen-bond acceptors (Lipinski definition) is 4. The average Bonchev–Trinajstić information content (AvgIpc) is 3.40. The van der Waals surface area contributed by atoms with Gasteiger partial charge >= 0.3 is 0 Å². The van der Waals surface area contributed by atoms with E-state index in [0.29, 0.717) is 13.2 Å². The van der Waals surface area contributed by atoms with Crippen LogP contribution in [0.5, 0.6) is 0 Å². The van der Waals surface area contributed by atoms with Crippen molar-refractivity contribution in [1.82, 2.24) is 9.55 Å². The largest absolute Gasteiger partial charge is 0.345 e. The van der Waals surface area contributed by atoms with E-state index in [1.54, 1.807) is 6.20 Å². The smallest absolute Gasteiger partial charge is 0.187 e. The molecule has 1 aliphatic rings. The first-order valence-electron chi connectivity index (χ1n) is 10.2. The van der Waals surface area contributed by atoms with E-state index in [1.165, 1.54) is 16.7 Å². The van der Waals surface area contributed by atoms with Crippen LogP contribution in [0.25, 0.3) is 0 Å². The lowest BCUT2D eigenvalue weighted by atomic mass is 10.0. The molecule has 2 heterocycles. The summed E-state index contributed by atoms with van der Waals surface area (Å²) in [5.41, 5.74) is 3.96. The molecule has 4 nitrogen and oxygen atoms in total. The Bertz CT molecular complexity index is 868. The molecule has 1 saturated heterocycles. The van der Waals surface area contributed by atoms with Gasteiger partial charge in [-0.25, -0.2) is 4.98 Å². The second kappa shape index (κ2) is 9.61. The number of nitrogens with zero attached hydrogens (tertiary/aromatic N) is 2. The zero-order chi connectivity index (χ0) is 19.9. The van der Waals surface area contributed by atoms with E-state index in [4.69, 9.17) is 9.47 Å². The monoisotopic (exact) mass is 408 g/mol. The molecule has 1 fully saturated rings. The minimum atomic E-state index is -0.592. The molecule has 2 aromatic carbocycles. The number of aromatic nitrogens is 2. The van der Waals surface area contributed by atoms with Crippen LogP contribution in [0.2, 0.25) is 0 Å². The normalized spacial score (nSPS) is 21.5. The van der Waals surface area contributed by atoms with Crippen LogP contribution < -0.4 is 0 Å². The first kappa shape index (κ1) is 20.2. The van der Waals surface area contributed by atoms with Crippen LogP contribution in [-0.4, -0.2) is 33.8 Å². The lowest BCUT2D eigenvalue weighted by Gasteiger charge is -2.28. The van der Waals surface area contributed by atoms with E-state index in [-0.39, 0.29) is 6.10 Å². The summed E-state index contributed by atoms with van der Waals surface area (Å²) in [4.78, 5) is 4.17. The highest BCUT2D eigenvalue weighted by molar-refractivity contribution is 7.98. The molecule has 2 atom stereocenters. The predicted molar refractivity (Wildman–Crippen MR) is 118 cm³/mol. The van der Waals surface area contributed by atoms with Gasteiger partial charge in [0.05, 0.1) is 25.6 Å². The van der Waals surface area contributed by atoms with Gasteiger partial charge < -0.3 is 14.0 Å². The number of benzene rings is 2.